The second-order valence-electron chi connectivity index (χ2n) is 7.27. The molecule has 32 heavy (non-hydrogen) atoms. The van der Waals surface area contributed by atoms with Gasteiger partial charge in [0, 0.05) is 6.61 Å². The van der Waals surface area contributed by atoms with Gasteiger partial charge in [0.1, 0.15) is 20.2 Å². The molecule has 1 N–H and O–H groups in total. The van der Waals surface area contributed by atoms with Crippen molar-refractivity contribution >= 4 is 53.9 Å². The largest absolute Gasteiger partial charge is 0.502 e. The van der Waals surface area contributed by atoms with Gasteiger partial charge in [-0.15, -0.1) is 0 Å². The number of aromatic amines is 1. The highest BCUT2D eigenvalue weighted by Gasteiger charge is 2.18. The van der Waals surface area contributed by atoms with E-state index in [1.54, 1.807) is 18.7 Å². The molecule has 0 radical (unpaired) electrons. The standard InChI is InChI=1S/C11H12BrN3O.C6H4BrN3.C5H8O/c12-10-5-4-9-8(14-10)7-13-15(9)11-3-1-2-6-16-11;7-6-2-1-4-5(9-6)3-8-10-4;1-2-4-6-5-3-1/h4-5,7,11H,1-3,6H2;1-3H,(H,8,10);2,4H,1,3,5H2. The summed E-state index contributed by atoms with van der Waals surface area (Å²) in [6.45, 7) is 1.74. The van der Waals surface area contributed by atoms with Crippen LogP contribution < -0.4 is 0 Å². The Balaban J connectivity index is 0.000000130. The van der Waals surface area contributed by atoms with Crippen LogP contribution in [0.15, 0.2) is 58.2 Å². The number of rotatable bonds is 1. The third-order valence-corrected chi connectivity index (χ3v) is 5.82. The van der Waals surface area contributed by atoms with Crippen molar-refractivity contribution in [1.82, 2.24) is 29.9 Å². The van der Waals surface area contributed by atoms with Gasteiger partial charge in [-0.3, -0.25) is 5.10 Å². The van der Waals surface area contributed by atoms with Gasteiger partial charge in [-0.05, 0) is 94.3 Å². The van der Waals surface area contributed by atoms with Crippen LogP contribution in [0.2, 0.25) is 0 Å². The molecule has 0 aromatic carbocycles. The summed E-state index contributed by atoms with van der Waals surface area (Å²) in [4.78, 5) is 8.53. The zero-order valence-corrected chi connectivity index (χ0v) is 20.6. The molecule has 10 heteroatoms. The van der Waals surface area contributed by atoms with E-state index in [4.69, 9.17) is 9.47 Å². The lowest BCUT2D eigenvalue weighted by Gasteiger charge is -2.23. The first-order chi connectivity index (χ1) is 15.7. The van der Waals surface area contributed by atoms with Crippen LogP contribution in [-0.4, -0.2) is 43.2 Å². The molecule has 1 saturated heterocycles. The molecule has 1 fully saturated rings. The predicted octanol–water partition coefficient (Wildman–Crippen LogP) is 5.92. The van der Waals surface area contributed by atoms with Crippen molar-refractivity contribution in [1.29, 1.82) is 0 Å². The van der Waals surface area contributed by atoms with Crippen LogP contribution in [-0.2, 0) is 9.47 Å². The molecular formula is C22H24Br2N6O2. The maximum absolute atomic E-state index is 5.72. The number of halogens is 2. The van der Waals surface area contributed by atoms with Crippen LogP contribution in [0, 0.1) is 0 Å². The van der Waals surface area contributed by atoms with Crippen molar-refractivity contribution < 1.29 is 9.47 Å². The molecule has 168 valence electrons. The number of hydrogen-bond acceptors (Lipinski definition) is 6. The molecule has 6 heterocycles. The Hall–Kier alpha value is -2.30. The van der Waals surface area contributed by atoms with E-state index >= 15 is 0 Å². The summed E-state index contributed by atoms with van der Waals surface area (Å²) in [5.41, 5.74) is 3.79. The van der Waals surface area contributed by atoms with Crippen molar-refractivity contribution in [2.75, 3.05) is 13.2 Å². The minimum Gasteiger partial charge on any atom is -0.502 e. The van der Waals surface area contributed by atoms with Gasteiger partial charge in [-0.25, -0.2) is 14.6 Å². The summed E-state index contributed by atoms with van der Waals surface area (Å²) in [5.74, 6) is 0. The van der Waals surface area contributed by atoms with Crippen LogP contribution in [0.3, 0.4) is 0 Å². The van der Waals surface area contributed by atoms with Crippen LogP contribution in [0.25, 0.3) is 22.1 Å². The van der Waals surface area contributed by atoms with E-state index in [9.17, 15) is 0 Å². The minimum absolute atomic E-state index is 0.0780. The number of nitrogens with one attached hydrogen (secondary N) is 1. The minimum atomic E-state index is 0.0780. The average Bonchev–Trinajstić information content (AvgIpc) is 3.48. The highest BCUT2D eigenvalue weighted by atomic mass is 79.9. The number of hydrogen-bond donors (Lipinski definition) is 1. The van der Waals surface area contributed by atoms with Gasteiger partial charge < -0.3 is 9.47 Å². The lowest BCUT2D eigenvalue weighted by Crippen LogP contribution is -2.18. The van der Waals surface area contributed by atoms with Gasteiger partial charge in [0.2, 0.25) is 0 Å². The van der Waals surface area contributed by atoms with E-state index in [0.717, 1.165) is 57.3 Å². The lowest BCUT2D eigenvalue weighted by molar-refractivity contribution is -0.0366. The summed E-state index contributed by atoms with van der Waals surface area (Å²) in [6.07, 6.45) is 13.2. The van der Waals surface area contributed by atoms with Crippen molar-refractivity contribution in [2.45, 2.75) is 38.3 Å². The summed E-state index contributed by atoms with van der Waals surface area (Å²) in [7, 11) is 0. The first-order valence-electron chi connectivity index (χ1n) is 10.5. The molecular weight excluding hydrogens is 540 g/mol. The SMILES string of the molecule is Brc1ccc2[nH]ncc2n1.Brc1ccc2c(cnn2C2CCCCO2)n1.C1=COCCC1. The molecule has 2 aliphatic rings. The molecule has 0 amide bonds. The Bertz CT molecular complexity index is 1160. The van der Waals surface area contributed by atoms with E-state index in [1.807, 2.05) is 35.0 Å². The second-order valence-corrected chi connectivity index (χ2v) is 8.90. The number of ether oxygens (including phenoxy) is 2. The van der Waals surface area contributed by atoms with Gasteiger partial charge in [-0.1, -0.05) is 0 Å². The van der Waals surface area contributed by atoms with Crippen LogP contribution >= 0.6 is 31.9 Å². The van der Waals surface area contributed by atoms with Crippen LogP contribution in [0.5, 0.6) is 0 Å². The Labute approximate surface area is 202 Å². The quantitative estimate of drug-likeness (QED) is 0.289. The Kier molecular flexibility index (Phi) is 8.24. The second kappa shape index (κ2) is 11.5. The van der Waals surface area contributed by atoms with Crippen LogP contribution in [0.1, 0.15) is 38.3 Å². The fourth-order valence-electron chi connectivity index (χ4n) is 3.35. The fraction of sp³-hybridized carbons (Fsp3) is 0.364. The van der Waals surface area contributed by atoms with E-state index in [-0.39, 0.29) is 6.23 Å². The van der Waals surface area contributed by atoms with Gasteiger partial charge in [-0.2, -0.15) is 10.2 Å². The summed E-state index contributed by atoms with van der Waals surface area (Å²) < 4.78 is 14.2. The van der Waals surface area contributed by atoms with E-state index in [2.05, 4.69) is 57.1 Å². The maximum atomic E-state index is 5.72. The van der Waals surface area contributed by atoms with Gasteiger partial charge >= 0.3 is 0 Å². The summed E-state index contributed by atoms with van der Waals surface area (Å²) >= 11 is 6.62. The summed E-state index contributed by atoms with van der Waals surface area (Å²) in [6, 6.07) is 7.76. The number of nitrogens with zero attached hydrogens (tertiary/aromatic N) is 5. The molecule has 2 aliphatic heterocycles. The van der Waals surface area contributed by atoms with E-state index in [1.165, 1.54) is 19.3 Å². The third kappa shape index (κ3) is 6.14. The Morgan fingerprint density at radius 3 is 2.47 bits per heavy atom. The molecule has 1 unspecified atom stereocenters. The normalized spacial score (nSPS) is 17.8. The molecule has 8 nitrogen and oxygen atoms in total. The summed E-state index contributed by atoms with van der Waals surface area (Å²) in [5, 5.41) is 11.0. The first kappa shape index (κ1) is 22.9. The Morgan fingerprint density at radius 2 is 1.78 bits per heavy atom. The van der Waals surface area contributed by atoms with Crippen LogP contribution in [0.4, 0.5) is 0 Å². The maximum Gasteiger partial charge on any atom is 0.150 e. The highest BCUT2D eigenvalue weighted by Crippen LogP contribution is 2.26. The third-order valence-electron chi connectivity index (χ3n) is 4.94. The molecule has 1 atom stereocenters. The zero-order valence-electron chi connectivity index (χ0n) is 17.5. The molecule has 0 saturated carbocycles. The monoisotopic (exact) mass is 562 g/mol. The average molecular weight is 564 g/mol. The zero-order chi connectivity index (χ0) is 22.2. The molecule has 0 spiro atoms. The van der Waals surface area contributed by atoms with Gasteiger partial charge in [0.05, 0.1) is 36.3 Å². The molecule has 0 bridgehead atoms. The van der Waals surface area contributed by atoms with E-state index < -0.39 is 0 Å². The number of fused-ring (bicyclic) bond motifs is 2. The topological polar surface area (TPSA) is 90.7 Å². The molecule has 4 aromatic rings. The number of allylic oxidation sites excluding steroid dienone is 1. The van der Waals surface area contributed by atoms with E-state index in [0.29, 0.717) is 0 Å². The van der Waals surface area contributed by atoms with Crippen molar-refractivity contribution in [3.63, 3.8) is 0 Å². The number of H-pyrrole nitrogens is 1. The van der Waals surface area contributed by atoms with Gasteiger partial charge in [0.15, 0.2) is 6.23 Å². The number of pyridine rings is 2. The fourth-order valence-corrected chi connectivity index (χ4v) is 4.00. The van der Waals surface area contributed by atoms with Gasteiger partial charge in [0.25, 0.3) is 0 Å². The predicted molar refractivity (Wildman–Crippen MR) is 130 cm³/mol. The lowest BCUT2D eigenvalue weighted by atomic mass is 10.2. The molecule has 0 aliphatic carbocycles. The smallest absolute Gasteiger partial charge is 0.150 e. The van der Waals surface area contributed by atoms with Crippen molar-refractivity contribution in [2.24, 2.45) is 0 Å². The highest BCUT2D eigenvalue weighted by molar-refractivity contribution is 9.10. The molecule has 6 rings (SSSR count). The van der Waals surface area contributed by atoms with Crippen molar-refractivity contribution in [3.05, 3.63) is 58.2 Å². The molecule has 4 aromatic heterocycles. The first-order valence-corrected chi connectivity index (χ1v) is 12.1. The number of aromatic nitrogens is 6. The van der Waals surface area contributed by atoms with Crippen molar-refractivity contribution in [3.8, 4) is 0 Å². The Morgan fingerprint density at radius 1 is 0.938 bits per heavy atom.